The summed E-state index contributed by atoms with van der Waals surface area (Å²) in [5.41, 5.74) is 14.1. The Morgan fingerprint density at radius 1 is 1.21 bits per heavy atom. The summed E-state index contributed by atoms with van der Waals surface area (Å²) in [7, 11) is 0. The number of ether oxygens (including phenoxy) is 1. The highest BCUT2D eigenvalue weighted by molar-refractivity contribution is 5.36. The number of hydrogen-bond acceptors (Lipinski definition) is 3. The van der Waals surface area contributed by atoms with Crippen molar-refractivity contribution in [3.63, 3.8) is 0 Å². The van der Waals surface area contributed by atoms with Crippen LogP contribution in [-0.2, 0) is 0 Å². The van der Waals surface area contributed by atoms with Crippen LogP contribution in [-0.4, -0.2) is 19.7 Å². The number of nitrogens with two attached hydrogens (primary N) is 2. The molecule has 3 nitrogen and oxygen atoms in total. The Balaban J connectivity index is 2.72. The lowest BCUT2D eigenvalue weighted by molar-refractivity contribution is 0.317. The van der Waals surface area contributed by atoms with Crippen molar-refractivity contribution in [3.8, 4) is 5.75 Å². The number of hydrogen-bond donors (Lipinski definition) is 2. The Morgan fingerprint density at radius 2 is 1.89 bits per heavy atom. The predicted molar refractivity (Wildman–Crippen MR) is 81.6 cm³/mol. The summed E-state index contributed by atoms with van der Waals surface area (Å²) in [5.74, 6) is 1.85. The third-order valence-corrected chi connectivity index (χ3v) is 3.60. The summed E-state index contributed by atoms with van der Waals surface area (Å²) in [6.45, 7) is 8.60. The van der Waals surface area contributed by atoms with E-state index in [2.05, 4.69) is 39.0 Å². The van der Waals surface area contributed by atoms with E-state index < -0.39 is 0 Å². The van der Waals surface area contributed by atoms with Crippen molar-refractivity contribution in [1.29, 1.82) is 0 Å². The van der Waals surface area contributed by atoms with Gasteiger partial charge in [-0.05, 0) is 68.0 Å². The minimum atomic E-state index is 0.408. The maximum atomic E-state index is 5.73. The van der Waals surface area contributed by atoms with Crippen LogP contribution in [0.5, 0.6) is 5.75 Å². The molecule has 1 atom stereocenters. The summed E-state index contributed by atoms with van der Waals surface area (Å²) in [4.78, 5) is 0. The summed E-state index contributed by atoms with van der Waals surface area (Å²) >= 11 is 0. The van der Waals surface area contributed by atoms with Crippen LogP contribution in [0.1, 0.15) is 43.7 Å². The van der Waals surface area contributed by atoms with Crippen LogP contribution in [0, 0.1) is 12.8 Å². The SMILES string of the molecule is CCCOc1ccc(C(C)CC(CN)CN)c(C)c1. The fourth-order valence-corrected chi connectivity index (χ4v) is 2.43. The molecule has 1 aromatic carbocycles. The zero-order valence-electron chi connectivity index (χ0n) is 12.5. The van der Waals surface area contributed by atoms with Crippen molar-refractivity contribution in [3.05, 3.63) is 29.3 Å². The molecule has 0 aromatic heterocycles. The van der Waals surface area contributed by atoms with Gasteiger partial charge in [-0.2, -0.15) is 0 Å². The Morgan fingerprint density at radius 3 is 2.42 bits per heavy atom. The van der Waals surface area contributed by atoms with E-state index in [0.717, 1.165) is 25.2 Å². The molecule has 0 saturated carbocycles. The first-order valence-corrected chi connectivity index (χ1v) is 7.25. The van der Waals surface area contributed by atoms with E-state index in [1.807, 2.05) is 0 Å². The van der Waals surface area contributed by atoms with E-state index in [-0.39, 0.29) is 0 Å². The summed E-state index contributed by atoms with van der Waals surface area (Å²) in [6, 6.07) is 6.37. The van der Waals surface area contributed by atoms with Gasteiger partial charge in [0, 0.05) is 0 Å². The maximum absolute atomic E-state index is 5.73. The van der Waals surface area contributed by atoms with Gasteiger partial charge in [-0.3, -0.25) is 0 Å². The molecule has 19 heavy (non-hydrogen) atoms. The zero-order chi connectivity index (χ0) is 14.3. The van der Waals surface area contributed by atoms with Gasteiger partial charge in [-0.15, -0.1) is 0 Å². The fraction of sp³-hybridized carbons (Fsp3) is 0.625. The van der Waals surface area contributed by atoms with Crippen LogP contribution in [0.15, 0.2) is 18.2 Å². The molecule has 0 fully saturated rings. The molecule has 1 aromatic rings. The van der Waals surface area contributed by atoms with E-state index in [4.69, 9.17) is 16.2 Å². The zero-order valence-corrected chi connectivity index (χ0v) is 12.5. The van der Waals surface area contributed by atoms with Crippen molar-refractivity contribution < 1.29 is 4.74 Å². The monoisotopic (exact) mass is 264 g/mol. The van der Waals surface area contributed by atoms with Crippen molar-refractivity contribution >= 4 is 0 Å². The first kappa shape index (κ1) is 16.0. The molecule has 3 heteroatoms. The van der Waals surface area contributed by atoms with Gasteiger partial charge < -0.3 is 16.2 Å². The number of rotatable bonds is 8. The second kappa shape index (κ2) is 8.18. The van der Waals surface area contributed by atoms with Crippen molar-refractivity contribution in [2.75, 3.05) is 19.7 Å². The molecule has 0 amide bonds. The molecule has 0 heterocycles. The van der Waals surface area contributed by atoms with E-state index in [1.54, 1.807) is 0 Å². The average molecular weight is 264 g/mol. The standard InChI is InChI=1S/C16H28N2O/c1-4-7-19-15-5-6-16(13(3)9-15)12(2)8-14(10-17)11-18/h5-6,9,12,14H,4,7-8,10-11,17-18H2,1-3H3. The van der Waals surface area contributed by atoms with Gasteiger partial charge in [-0.25, -0.2) is 0 Å². The largest absolute Gasteiger partial charge is 0.494 e. The van der Waals surface area contributed by atoms with Gasteiger partial charge in [0.1, 0.15) is 5.75 Å². The highest BCUT2D eigenvalue weighted by atomic mass is 16.5. The van der Waals surface area contributed by atoms with Crippen molar-refractivity contribution in [2.24, 2.45) is 17.4 Å². The summed E-state index contributed by atoms with van der Waals surface area (Å²) in [6.07, 6.45) is 2.08. The van der Waals surface area contributed by atoms with Crippen LogP contribution in [0.4, 0.5) is 0 Å². The predicted octanol–water partition coefficient (Wildman–Crippen LogP) is 2.81. The maximum Gasteiger partial charge on any atom is 0.119 e. The molecular formula is C16H28N2O. The van der Waals surface area contributed by atoms with Gasteiger partial charge >= 0.3 is 0 Å². The minimum Gasteiger partial charge on any atom is -0.494 e. The van der Waals surface area contributed by atoms with Crippen LogP contribution in [0.25, 0.3) is 0 Å². The Hall–Kier alpha value is -1.06. The molecular weight excluding hydrogens is 236 g/mol. The molecule has 0 spiro atoms. The second-order valence-corrected chi connectivity index (χ2v) is 5.34. The lowest BCUT2D eigenvalue weighted by Gasteiger charge is -2.20. The Bertz CT molecular complexity index is 375. The van der Waals surface area contributed by atoms with Crippen LogP contribution in [0.3, 0.4) is 0 Å². The minimum absolute atomic E-state index is 0.408. The molecule has 4 N–H and O–H groups in total. The highest BCUT2D eigenvalue weighted by Gasteiger charge is 2.14. The smallest absolute Gasteiger partial charge is 0.119 e. The molecule has 108 valence electrons. The summed E-state index contributed by atoms with van der Waals surface area (Å²) in [5, 5.41) is 0. The Labute approximate surface area is 117 Å². The molecule has 0 radical (unpaired) electrons. The van der Waals surface area contributed by atoms with Gasteiger partial charge in [0.05, 0.1) is 6.61 Å². The average Bonchev–Trinajstić information content (AvgIpc) is 2.42. The molecule has 0 saturated heterocycles. The first-order chi connectivity index (χ1) is 9.12. The Kier molecular flexibility index (Phi) is 6.89. The highest BCUT2D eigenvalue weighted by Crippen LogP contribution is 2.28. The second-order valence-electron chi connectivity index (χ2n) is 5.34. The first-order valence-electron chi connectivity index (χ1n) is 7.25. The molecule has 1 rings (SSSR count). The van der Waals surface area contributed by atoms with Crippen molar-refractivity contribution in [1.82, 2.24) is 0 Å². The number of benzene rings is 1. The van der Waals surface area contributed by atoms with Gasteiger partial charge in [0.25, 0.3) is 0 Å². The third-order valence-electron chi connectivity index (χ3n) is 3.60. The molecule has 0 bridgehead atoms. The molecule has 0 aliphatic heterocycles. The van der Waals surface area contributed by atoms with Crippen LogP contribution < -0.4 is 16.2 Å². The normalized spacial score (nSPS) is 12.7. The summed E-state index contributed by atoms with van der Waals surface area (Å²) < 4.78 is 5.65. The molecule has 1 unspecified atom stereocenters. The van der Waals surface area contributed by atoms with Gasteiger partial charge in [-0.1, -0.05) is 19.9 Å². The van der Waals surface area contributed by atoms with Gasteiger partial charge in [0.15, 0.2) is 0 Å². The lowest BCUT2D eigenvalue weighted by Crippen LogP contribution is -2.24. The van der Waals surface area contributed by atoms with E-state index in [1.165, 1.54) is 11.1 Å². The third kappa shape index (κ3) is 4.84. The van der Waals surface area contributed by atoms with E-state index in [0.29, 0.717) is 24.9 Å². The molecule has 0 aliphatic rings. The lowest BCUT2D eigenvalue weighted by atomic mass is 9.88. The number of aryl methyl sites for hydroxylation is 1. The van der Waals surface area contributed by atoms with E-state index >= 15 is 0 Å². The topological polar surface area (TPSA) is 61.3 Å². The van der Waals surface area contributed by atoms with Crippen LogP contribution >= 0.6 is 0 Å². The quantitative estimate of drug-likeness (QED) is 0.759. The van der Waals surface area contributed by atoms with Crippen molar-refractivity contribution in [2.45, 2.75) is 39.5 Å². The van der Waals surface area contributed by atoms with E-state index in [9.17, 15) is 0 Å². The molecule has 0 aliphatic carbocycles. The van der Waals surface area contributed by atoms with Gasteiger partial charge in [0.2, 0.25) is 0 Å². The fourth-order valence-electron chi connectivity index (χ4n) is 2.43. The van der Waals surface area contributed by atoms with Crippen LogP contribution in [0.2, 0.25) is 0 Å².